The van der Waals surface area contributed by atoms with Crippen LogP contribution in [0.1, 0.15) is 32.6 Å². The topological polar surface area (TPSA) is 200 Å². The number of amides is 1. The number of aliphatic carboxylic acids is 2. The van der Waals surface area contributed by atoms with Crippen LogP contribution in [0.4, 0.5) is 0 Å². The molecular weight excluding hydrogens is 527 g/mol. The fourth-order valence-electron chi connectivity index (χ4n) is 1.54. The van der Waals surface area contributed by atoms with Gasteiger partial charge in [0, 0.05) is 12.8 Å². The molecule has 0 bridgehead atoms. The van der Waals surface area contributed by atoms with E-state index in [1.807, 2.05) is 0 Å². The molecule has 2 unspecified atom stereocenters. The van der Waals surface area contributed by atoms with Crippen LogP contribution in [-0.2, 0) is 38.0 Å². The van der Waals surface area contributed by atoms with Crippen molar-refractivity contribution >= 4 is 33.0 Å². The minimum Gasteiger partial charge on any atom is -0.693 e. The molecule has 8 N–H and O–H groups in total. The predicted molar refractivity (Wildman–Crippen MR) is 85.6 cm³/mol. The molecule has 0 aromatic carbocycles. The van der Waals surface area contributed by atoms with Crippen LogP contribution < -0.4 is 10.6 Å². The summed E-state index contributed by atoms with van der Waals surface area (Å²) in [6.45, 7) is 1.34. The molecule has 0 heterocycles. The largest absolute Gasteiger partial charge is 0.693 e. The van der Waals surface area contributed by atoms with Gasteiger partial charge in [-0.25, -0.2) is 4.79 Å². The standard InChI is InChI=1S/C12H20N2O6.ClH.2H2N.Pt/c1-7(15)3-4-9(12(19)20)14-10(16)6-5-8(13-2)11(17)18;;;;/h8-9,13H,3-6H2,1-2H3,(H,14,16)(H,17,18)(H,19,20);1H;2*1H2;/q;;2*-1;+1/p-1. The molecule has 0 radical (unpaired) electrons. The first-order valence-corrected chi connectivity index (χ1v) is 9.13. The van der Waals surface area contributed by atoms with E-state index in [-0.39, 0.29) is 43.8 Å². The Balaban J connectivity index is -0.000000480. The second-order valence-electron chi connectivity index (χ2n) is 4.42. The summed E-state index contributed by atoms with van der Waals surface area (Å²) < 4.78 is 0. The Labute approximate surface area is 156 Å². The SMILES string of the molecule is CNC(CCC(=O)NC(CCC(C)=O)C(=O)O)C(=O)O.[Cl][Pt].[NH2-].[NH2-]. The smallest absolute Gasteiger partial charge is 0.693 e. The van der Waals surface area contributed by atoms with Gasteiger partial charge in [-0.2, -0.15) is 0 Å². The van der Waals surface area contributed by atoms with Crippen molar-refractivity contribution in [3.63, 3.8) is 0 Å². The Morgan fingerprint density at radius 1 is 0.958 bits per heavy atom. The van der Waals surface area contributed by atoms with Crippen molar-refractivity contribution in [1.29, 1.82) is 0 Å². The fraction of sp³-hybridized carbons (Fsp3) is 0.667. The van der Waals surface area contributed by atoms with Crippen molar-refractivity contribution in [1.82, 2.24) is 10.6 Å². The predicted octanol–water partition coefficient (Wildman–Crippen LogP) is 1.50. The van der Waals surface area contributed by atoms with Crippen LogP contribution in [0.5, 0.6) is 0 Å². The van der Waals surface area contributed by atoms with E-state index >= 15 is 0 Å². The second kappa shape index (κ2) is 18.3. The van der Waals surface area contributed by atoms with Crippen molar-refractivity contribution in [2.75, 3.05) is 7.05 Å². The van der Waals surface area contributed by atoms with Crippen molar-refractivity contribution in [2.45, 2.75) is 44.7 Å². The number of rotatable bonds is 10. The quantitative estimate of drug-likeness (QED) is 0.315. The third kappa shape index (κ3) is 15.8. The van der Waals surface area contributed by atoms with Gasteiger partial charge in [0.2, 0.25) is 5.91 Å². The molecule has 0 rings (SSSR count). The normalized spacial score (nSPS) is 11.4. The average molecular weight is 551 g/mol. The van der Waals surface area contributed by atoms with Crippen LogP contribution in [0.25, 0.3) is 12.3 Å². The number of halogens is 1. The summed E-state index contributed by atoms with van der Waals surface area (Å²) in [7, 11) is 6.07. The summed E-state index contributed by atoms with van der Waals surface area (Å²) in [5.74, 6) is -3.01. The van der Waals surface area contributed by atoms with Gasteiger partial charge < -0.3 is 37.9 Å². The van der Waals surface area contributed by atoms with Gasteiger partial charge in [-0.15, -0.1) is 0 Å². The molecule has 147 valence electrons. The number of ketones is 1. The number of carboxylic acids is 2. The van der Waals surface area contributed by atoms with Gasteiger partial charge in [0.15, 0.2) is 0 Å². The zero-order chi connectivity index (χ0) is 17.7. The number of hydrogen-bond donors (Lipinski definition) is 4. The molecule has 0 aliphatic carbocycles. The number of carbonyl (C=O) groups excluding carboxylic acids is 2. The molecule has 10 nitrogen and oxygen atoms in total. The summed E-state index contributed by atoms with van der Waals surface area (Å²) in [6, 6.07) is -1.99. The van der Waals surface area contributed by atoms with Gasteiger partial charge >= 0.3 is 40.1 Å². The minimum absolute atomic E-state index is 0. The van der Waals surface area contributed by atoms with Crippen molar-refractivity contribution in [3.8, 4) is 0 Å². The van der Waals surface area contributed by atoms with E-state index in [1.54, 1.807) is 18.8 Å². The Bertz CT molecular complexity index is 400. The van der Waals surface area contributed by atoms with Crippen LogP contribution in [0.2, 0.25) is 0 Å². The molecule has 24 heavy (non-hydrogen) atoms. The summed E-state index contributed by atoms with van der Waals surface area (Å²) >= 11 is 1.61. The summed E-state index contributed by atoms with van der Waals surface area (Å²) in [6.07, 6.45) is 0.0225. The van der Waals surface area contributed by atoms with E-state index in [4.69, 9.17) is 10.2 Å². The molecule has 0 saturated heterocycles. The molecule has 0 aliphatic rings. The van der Waals surface area contributed by atoms with Crippen molar-refractivity contribution < 1.29 is 48.2 Å². The van der Waals surface area contributed by atoms with Crippen LogP contribution in [-0.4, -0.2) is 53.0 Å². The summed E-state index contributed by atoms with van der Waals surface area (Å²) in [4.78, 5) is 44.0. The van der Waals surface area contributed by atoms with Gasteiger partial charge in [-0.05, 0) is 26.8 Å². The molecule has 0 aromatic rings. The molecule has 0 aliphatic heterocycles. The molecule has 0 fully saturated rings. The van der Waals surface area contributed by atoms with E-state index in [2.05, 4.69) is 20.1 Å². The maximum absolute atomic E-state index is 11.6. The average Bonchev–Trinajstić information content (AvgIpc) is 2.45. The minimum atomic E-state index is -1.22. The van der Waals surface area contributed by atoms with Crippen LogP contribution in [0.15, 0.2) is 0 Å². The molecule has 0 saturated carbocycles. The van der Waals surface area contributed by atoms with E-state index in [9.17, 15) is 19.2 Å². The maximum atomic E-state index is 11.6. The van der Waals surface area contributed by atoms with Gasteiger partial charge in [-0.1, -0.05) is 0 Å². The van der Waals surface area contributed by atoms with Crippen molar-refractivity contribution in [2.24, 2.45) is 0 Å². The van der Waals surface area contributed by atoms with E-state index < -0.39 is 29.9 Å². The van der Waals surface area contributed by atoms with Gasteiger partial charge in [0.25, 0.3) is 0 Å². The molecule has 12 heteroatoms. The second-order valence-corrected chi connectivity index (χ2v) is 4.42. The summed E-state index contributed by atoms with van der Waals surface area (Å²) in [5, 5.41) is 22.5. The van der Waals surface area contributed by atoms with Crippen LogP contribution >= 0.6 is 9.42 Å². The first kappa shape index (κ1) is 30.8. The Hall–Kier alpha value is -1.06. The fourth-order valence-corrected chi connectivity index (χ4v) is 1.54. The molecule has 0 spiro atoms. The maximum Gasteiger partial charge on any atom is -0.693 e. The first-order valence-electron chi connectivity index (χ1n) is 6.31. The zero-order valence-corrected chi connectivity index (χ0v) is 16.4. The molecule has 2 atom stereocenters. The van der Waals surface area contributed by atoms with Gasteiger partial charge in [-0.3, -0.25) is 9.59 Å². The number of carboxylic acid groups (broad SMARTS) is 2. The van der Waals surface area contributed by atoms with Gasteiger partial charge in [0.05, 0.1) is 0 Å². The number of nitrogens with one attached hydrogen (secondary N) is 2. The number of carbonyl (C=O) groups is 4. The Kier molecular flexibility index (Phi) is 23.4. The number of nitrogens with two attached hydrogens (primary N) is 2. The zero-order valence-electron chi connectivity index (χ0n) is 13.4. The van der Waals surface area contributed by atoms with E-state index in [1.165, 1.54) is 14.0 Å². The van der Waals surface area contributed by atoms with Crippen molar-refractivity contribution in [3.05, 3.63) is 12.3 Å². The monoisotopic (exact) mass is 550 g/mol. The van der Waals surface area contributed by atoms with E-state index in [0.29, 0.717) is 0 Å². The van der Waals surface area contributed by atoms with Crippen LogP contribution in [0, 0.1) is 0 Å². The third-order valence-electron chi connectivity index (χ3n) is 2.73. The number of Topliss-reactive ketones (excluding diaryl/α,β-unsaturated/α-hetero) is 1. The molecule has 0 aromatic heterocycles. The first-order chi connectivity index (χ1) is 10.3. The number of likely N-dealkylation sites (N-methyl/N-ethyl adjacent to an activating group) is 1. The summed E-state index contributed by atoms with van der Waals surface area (Å²) in [5.41, 5.74) is 0. The molecular formula is C12H24ClN4O6Pt-2. The third-order valence-corrected chi connectivity index (χ3v) is 2.73. The number of hydrogen-bond acceptors (Lipinski definition) is 5. The molecule has 1 amide bonds. The van der Waals surface area contributed by atoms with E-state index in [0.717, 1.165) is 0 Å². The Morgan fingerprint density at radius 3 is 1.71 bits per heavy atom. The Morgan fingerprint density at radius 2 is 1.38 bits per heavy atom. The van der Waals surface area contributed by atoms with Gasteiger partial charge in [0.1, 0.15) is 17.9 Å². The van der Waals surface area contributed by atoms with Crippen LogP contribution in [0.3, 0.4) is 0 Å².